The van der Waals surface area contributed by atoms with Gasteiger partial charge in [0.15, 0.2) is 5.82 Å². The van der Waals surface area contributed by atoms with Crippen molar-refractivity contribution in [3.8, 4) is 28.5 Å². The van der Waals surface area contributed by atoms with Crippen molar-refractivity contribution in [3.05, 3.63) is 90.0 Å². The molecule has 0 radical (unpaired) electrons. The van der Waals surface area contributed by atoms with Crippen LogP contribution in [0.4, 0.5) is 0 Å². The van der Waals surface area contributed by atoms with E-state index in [1.165, 1.54) is 10.2 Å². The van der Waals surface area contributed by atoms with Crippen LogP contribution in [0.5, 0.6) is 6.01 Å². The van der Waals surface area contributed by atoms with Crippen molar-refractivity contribution < 1.29 is 9.53 Å². The summed E-state index contributed by atoms with van der Waals surface area (Å²) in [5.41, 5.74) is 4.75. The predicted molar refractivity (Wildman–Crippen MR) is 122 cm³/mol. The van der Waals surface area contributed by atoms with E-state index in [0.29, 0.717) is 18.0 Å². The van der Waals surface area contributed by atoms with E-state index in [9.17, 15) is 4.79 Å². The molecule has 0 saturated carbocycles. The Morgan fingerprint density at radius 1 is 0.839 bits per heavy atom. The van der Waals surface area contributed by atoms with Crippen LogP contribution < -0.4 is 4.74 Å². The summed E-state index contributed by atoms with van der Waals surface area (Å²) in [6, 6.07) is 25.8. The Morgan fingerprint density at radius 2 is 1.48 bits per heavy atom. The predicted octanol–water partition coefficient (Wildman–Crippen LogP) is 5.65. The van der Waals surface area contributed by atoms with Crippen molar-refractivity contribution in [1.29, 1.82) is 0 Å². The Balaban J connectivity index is 1.68. The van der Waals surface area contributed by atoms with Gasteiger partial charge in [0.2, 0.25) is 0 Å². The summed E-state index contributed by atoms with van der Waals surface area (Å²) in [6.45, 7) is 4.62. The van der Waals surface area contributed by atoms with E-state index in [4.69, 9.17) is 4.74 Å². The van der Waals surface area contributed by atoms with Crippen molar-refractivity contribution >= 4 is 5.91 Å². The van der Waals surface area contributed by atoms with Gasteiger partial charge in [-0.25, -0.2) is 0 Å². The lowest BCUT2D eigenvalue weighted by Gasteiger charge is -2.07. The number of aromatic nitrogens is 3. The SMILES string of the molecule is CCCOc1nc(-c2ccc(CC)cc2)n(C(=O)c2ccc(-c3ccccc3)cc2)n1. The number of carbonyl (C=O) groups is 1. The Morgan fingerprint density at radius 3 is 2.13 bits per heavy atom. The summed E-state index contributed by atoms with van der Waals surface area (Å²) in [5.74, 6) is 0.235. The molecule has 0 aliphatic rings. The van der Waals surface area contributed by atoms with Gasteiger partial charge in [0.1, 0.15) is 0 Å². The number of benzene rings is 3. The highest BCUT2D eigenvalue weighted by Gasteiger charge is 2.20. The van der Waals surface area contributed by atoms with Gasteiger partial charge in [0.05, 0.1) is 6.61 Å². The first-order chi connectivity index (χ1) is 15.2. The first kappa shape index (κ1) is 20.5. The smallest absolute Gasteiger partial charge is 0.336 e. The van der Waals surface area contributed by atoms with E-state index in [0.717, 1.165) is 29.5 Å². The lowest BCUT2D eigenvalue weighted by atomic mass is 10.0. The van der Waals surface area contributed by atoms with Crippen LogP contribution in [0.25, 0.3) is 22.5 Å². The van der Waals surface area contributed by atoms with Gasteiger partial charge < -0.3 is 4.74 Å². The normalized spacial score (nSPS) is 10.8. The molecule has 4 rings (SSSR count). The van der Waals surface area contributed by atoms with Gasteiger partial charge in [0.25, 0.3) is 5.91 Å². The zero-order valence-electron chi connectivity index (χ0n) is 17.8. The van der Waals surface area contributed by atoms with E-state index in [2.05, 4.69) is 17.0 Å². The third-order valence-electron chi connectivity index (χ3n) is 5.07. The first-order valence-corrected chi connectivity index (χ1v) is 10.6. The van der Waals surface area contributed by atoms with Gasteiger partial charge in [-0.3, -0.25) is 4.79 Å². The van der Waals surface area contributed by atoms with Crippen LogP contribution in [0.1, 0.15) is 36.2 Å². The molecule has 0 amide bonds. The van der Waals surface area contributed by atoms with Crippen LogP contribution in [0.2, 0.25) is 0 Å². The van der Waals surface area contributed by atoms with Gasteiger partial charge in [0, 0.05) is 11.1 Å². The molecule has 5 heteroatoms. The average Bonchev–Trinajstić information content (AvgIpc) is 3.27. The highest BCUT2D eigenvalue weighted by molar-refractivity contribution is 5.97. The highest BCUT2D eigenvalue weighted by Crippen LogP contribution is 2.24. The van der Waals surface area contributed by atoms with Crippen LogP contribution in [0.15, 0.2) is 78.9 Å². The third-order valence-corrected chi connectivity index (χ3v) is 5.07. The van der Waals surface area contributed by atoms with Crippen LogP contribution in [-0.4, -0.2) is 27.3 Å². The van der Waals surface area contributed by atoms with Crippen LogP contribution in [0, 0.1) is 0 Å². The fourth-order valence-electron chi connectivity index (χ4n) is 3.32. The maximum Gasteiger partial charge on any atom is 0.336 e. The molecule has 1 heterocycles. The number of nitrogens with zero attached hydrogens (tertiary/aromatic N) is 3. The van der Waals surface area contributed by atoms with Gasteiger partial charge >= 0.3 is 6.01 Å². The Bertz CT molecular complexity index is 1150. The molecule has 0 bridgehead atoms. The molecule has 0 unspecified atom stereocenters. The second-order valence-corrected chi connectivity index (χ2v) is 7.28. The molecule has 0 atom stereocenters. The van der Waals surface area contributed by atoms with Gasteiger partial charge in [-0.2, -0.15) is 9.67 Å². The van der Waals surface area contributed by atoms with Crippen molar-refractivity contribution in [2.75, 3.05) is 6.61 Å². The molecule has 5 nitrogen and oxygen atoms in total. The third kappa shape index (κ3) is 4.56. The number of rotatable bonds is 7. The molecule has 3 aromatic carbocycles. The van der Waals surface area contributed by atoms with Gasteiger partial charge in [-0.15, -0.1) is 5.10 Å². The Kier molecular flexibility index (Phi) is 6.22. The van der Waals surface area contributed by atoms with E-state index >= 15 is 0 Å². The minimum absolute atomic E-state index is 0.214. The summed E-state index contributed by atoms with van der Waals surface area (Å²) < 4.78 is 6.95. The van der Waals surface area contributed by atoms with E-state index in [1.54, 1.807) is 0 Å². The molecule has 0 aliphatic heterocycles. The maximum atomic E-state index is 13.3. The summed E-state index contributed by atoms with van der Waals surface area (Å²) in [5, 5.41) is 4.36. The number of carbonyl (C=O) groups excluding carboxylic acids is 1. The van der Waals surface area contributed by atoms with Gasteiger partial charge in [-0.05, 0) is 41.7 Å². The second kappa shape index (κ2) is 9.39. The van der Waals surface area contributed by atoms with Crippen LogP contribution in [-0.2, 0) is 6.42 Å². The molecule has 4 aromatic rings. The van der Waals surface area contributed by atoms with Crippen LogP contribution in [0.3, 0.4) is 0 Å². The summed E-state index contributed by atoms with van der Waals surface area (Å²) in [7, 11) is 0. The largest absolute Gasteiger partial charge is 0.462 e. The van der Waals surface area contributed by atoms with Crippen LogP contribution >= 0.6 is 0 Å². The second-order valence-electron chi connectivity index (χ2n) is 7.28. The van der Waals surface area contributed by atoms with Crippen molar-refractivity contribution in [1.82, 2.24) is 14.8 Å². The Labute approximate surface area is 182 Å². The molecule has 31 heavy (non-hydrogen) atoms. The molecule has 0 N–H and O–H groups in total. The first-order valence-electron chi connectivity index (χ1n) is 10.6. The minimum Gasteiger partial charge on any atom is -0.462 e. The molecular formula is C26H25N3O2. The number of ether oxygens (including phenoxy) is 1. The molecule has 0 saturated heterocycles. The summed E-state index contributed by atoms with van der Waals surface area (Å²) in [4.78, 5) is 17.8. The fraction of sp³-hybridized carbons (Fsp3) is 0.192. The zero-order chi connectivity index (χ0) is 21.6. The van der Waals surface area contributed by atoms with E-state index < -0.39 is 0 Å². The molecule has 1 aromatic heterocycles. The van der Waals surface area contributed by atoms with Gasteiger partial charge in [-0.1, -0.05) is 80.6 Å². The van der Waals surface area contributed by atoms with Crippen molar-refractivity contribution in [2.24, 2.45) is 0 Å². The quantitative estimate of drug-likeness (QED) is 0.394. The number of aryl methyl sites for hydroxylation is 1. The Hall–Kier alpha value is -3.73. The highest BCUT2D eigenvalue weighted by atomic mass is 16.5. The van der Waals surface area contributed by atoms with Crippen molar-refractivity contribution in [2.45, 2.75) is 26.7 Å². The lowest BCUT2D eigenvalue weighted by Crippen LogP contribution is -2.15. The fourth-order valence-corrected chi connectivity index (χ4v) is 3.32. The average molecular weight is 412 g/mol. The van der Waals surface area contributed by atoms with E-state index in [-0.39, 0.29) is 11.9 Å². The molecular weight excluding hydrogens is 386 g/mol. The minimum atomic E-state index is -0.243. The molecule has 0 spiro atoms. The molecule has 156 valence electrons. The lowest BCUT2D eigenvalue weighted by molar-refractivity contribution is 0.0944. The number of hydrogen-bond acceptors (Lipinski definition) is 4. The molecule has 0 fully saturated rings. The molecule has 0 aliphatic carbocycles. The summed E-state index contributed by atoms with van der Waals surface area (Å²) >= 11 is 0. The topological polar surface area (TPSA) is 57.0 Å². The van der Waals surface area contributed by atoms with E-state index in [1.807, 2.05) is 85.8 Å². The maximum absolute atomic E-state index is 13.3. The zero-order valence-corrected chi connectivity index (χ0v) is 17.8. The summed E-state index contributed by atoms with van der Waals surface area (Å²) in [6.07, 6.45) is 1.79. The van der Waals surface area contributed by atoms with Crippen molar-refractivity contribution in [3.63, 3.8) is 0 Å². The monoisotopic (exact) mass is 411 g/mol. The number of hydrogen-bond donors (Lipinski definition) is 0. The standard InChI is InChI=1S/C26H25N3O2/c1-3-18-31-26-27-24(22-12-10-19(4-2)11-13-22)29(28-26)25(30)23-16-14-21(15-17-23)20-8-6-5-7-9-20/h5-17H,3-4,18H2,1-2H3.